The molecule has 3 N–H and O–H groups in total. The normalized spacial score (nSPS) is 44.3. The number of hydrogen-bond acceptors (Lipinski definition) is 3. The molecular formula is C28H46O3. The number of aliphatic hydroxyl groups excluding tert-OH is 2. The second kappa shape index (κ2) is 8.29. The van der Waals surface area contributed by atoms with Crippen molar-refractivity contribution in [1.82, 2.24) is 0 Å². The first kappa shape index (κ1) is 23.5. The molecule has 0 bridgehead atoms. The van der Waals surface area contributed by atoms with Crippen LogP contribution in [0.1, 0.15) is 86.0 Å². The number of rotatable bonds is 7. The van der Waals surface area contributed by atoms with Gasteiger partial charge < -0.3 is 15.3 Å². The molecule has 0 unspecified atom stereocenters. The molecule has 31 heavy (non-hydrogen) atoms. The van der Waals surface area contributed by atoms with Gasteiger partial charge in [-0.3, -0.25) is 0 Å². The maximum Gasteiger partial charge on any atom is 0.0651 e. The first-order valence-corrected chi connectivity index (χ1v) is 12.9. The lowest BCUT2D eigenvalue weighted by molar-refractivity contribution is 0.0436. The predicted octanol–water partition coefficient (Wildman–Crippen LogP) is 5.50. The van der Waals surface area contributed by atoms with E-state index in [9.17, 15) is 15.3 Å². The van der Waals surface area contributed by atoms with Crippen LogP contribution in [0.5, 0.6) is 0 Å². The van der Waals surface area contributed by atoms with Crippen LogP contribution in [-0.2, 0) is 0 Å². The van der Waals surface area contributed by atoms with E-state index in [0.29, 0.717) is 29.1 Å². The van der Waals surface area contributed by atoms with Gasteiger partial charge in [0.15, 0.2) is 0 Å². The Labute approximate surface area is 190 Å². The number of allylic oxidation sites excluding steroid dienone is 2. The van der Waals surface area contributed by atoms with Gasteiger partial charge in [-0.05, 0) is 99.7 Å². The zero-order valence-electron chi connectivity index (χ0n) is 20.5. The minimum Gasteiger partial charge on any atom is -0.396 e. The molecule has 0 spiro atoms. The molecule has 4 aliphatic rings. The fraction of sp³-hybridized carbons (Fsp3) is 0.857. The monoisotopic (exact) mass is 430 g/mol. The van der Waals surface area contributed by atoms with Crippen molar-refractivity contribution in [2.24, 2.45) is 46.3 Å². The van der Waals surface area contributed by atoms with Crippen LogP contribution in [0.2, 0.25) is 0 Å². The van der Waals surface area contributed by atoms with Crippen molar-refractivity contribution in [3.63, 3.8) is 0 Å². The maximum atomic E-state index is 10.3. The zero-order chi connectivity index (χ0) is 22.6. The van der Waals surface area contributed by atoms with Crippen molar-refractivity contribution in [2.75, 3.05) is 6.61 Å². The summed E-state index contributed by atoms with van der Waals surface area (Å²) in [6, 6.07) is 0. The standard InChI is InChI=1S/C28H46O3/c1-18(8-9-19(2)26(3,4)31)24-10-11-25-20(7-6-12-27(24,25)5)13-22(17-29)28-15-21(28)14-23(30)16-28/h8-9,13,18-19,21-25,29-31H,6-7,10-12,14-17H2,1-5H3/b9-8+,20-13+/t18-,19+,21-,22+,23+,24-,25+,27-,28+/m1/s1. The topological polar surface area (TPSA) is 60.7 Å². The molecule has 0 radical (unpaired) electrons. The molecule has 3 nitrogen and oxygen atoms in total. The summed E-state index contributed by atoms with van der Waals surface area (Å²) in [6.45, 7) is 11.0. The SMILES string of the molecule is C[C@H](/C=C/[C@H](C)C(C)(C)O)[C@H]1CC[C@H]2/C(=C/[C@@H](CO)[C@@]34C[C@@H](O)C[C@@H]3C4)CCC[C@]12C. The van der Waals surface area contributed by atoms with E-state index >= 15 is 0 Å². The Morgan fingerprint density at radius 1 is 1.16 bits per heavy atom. The number of fused-ring (bicyclic) bond motifs is 2. The van der Waals surface area contributed by atoms with Crippen LogP contribution in [0.4, 0.5) is 0 Å². The second-order valence-electron chi connectivity index (χ2n) is 12.5. The van der Waals surface area contributed by atoms with Crippen LogP contribution >= 0.6 is 0 Å². The van der Waals surface area contributed by atoms with Gasteiger partial charge in [-0.25, -0.2) is 0 Å². The molecule has 0 amide bonds. The maximum absolute atomic E-state index is 10.3. The zero-order valence-corrected chi connectivity index (χ0v) is 20.5. The summed E-state index contributed by atoms with van der Waals surface area (Å²) in [5.74, 6) is 2.85. The first-order valence-electron chi connectivity index (χ1n) is 12.9. The average Bonchev–Trinajstić information content (AvgIpc) is 3.07. The van der Waals surface area contributed by atoms with E-state index in [1.165, 1.54) is 38.5 Å². The van der Waals surface area contributed by atoms with Crippen LogP contribution in [0.15, 0.2) is 23.8 Å². The largest absolute Gasteiger partial charge is 0.396 e. The van der Waals surface area contributed by atoms with Crippen LogP contribution < -0.4 is 0 Å². The summed E-state index contributed by atoms with van der Waals surface area (Å²) in [4.78, 5) is 0. The van der Waals surface area contributed by atoms with Gasteiger partial charge in [0.1, 0.15) is 0 Å². The second-order valence-corrected chi connectivity index (χ2v) is 12.5. The first-order chi connectivity index (χ1) is 14.5. The Morgan fingerprint density at radius 2 is 1.90 bits per heavy atom. The van der Waals surface area contributed by atoms with Crippen LogP contribution in [0, 0.1) is 46.3 Å². The molecule has 4 fully saturated rings. The minimum absolute atomic E-state index is 0.152. The van der Waals surface area contributed by atoms with Gasteiger partial charge in [-0.2, -0.15) is 0 Å². The minimum atomic E-state index is -0.674. The molecule has 176 valence electrons. The average molecular weight is 431 g/mol. The van der Waals surface area contributed by atoms with E-state index in [-0.39, 0.29) is 30.0 Å². The molecule has 0 aliphatic heterocycles. The van der Waals surface area contributed by atoms with E-state index < -0.39 is 5.60 Å². The van der Waals surface area contributed by atoms with Gasteiger partial charge in [0.25, 0.3) is 0 Å². The molecule has 0 saturated heterocycles. The molecule has 4 saturated carbocycles. The fourth-order valence-electron chi connectivity index (χ4n) is 7.94. The van der Waals surface area contributed by atoms with Gasteiger partial charge >= 0.3 is 0 Å². The third-order valence-corrected chi connectivity index (χ3v) is 10.3. The highest BCUT2D eigenvalue weighted by Crippen LogP contribution is 2.68. The van der Waals surface area contributed by atoms with Gasteiger partial charge in [0.2, 0.25) is 0 Å². The lowest BCUT2D eigenvalue weighted by Crippen LogP contribution is -2.36. The highest BCUT2D eigenvalue weighted by molar-refractivity contribution is 5.24. The molecule has 9 atom stereocenters. The third-order valence-electron chi connectivity index (χ3n) is 10.3. The van der Waals surface area contributed by atoms with Gasteiger partial charge in [-0.15, -0.1) is 0 Å². The van der Waals surface area contributed by atoms with Crippen LogP contribution in [0.3, 0.4) is 0 Å². The predicted molar refractivity (Wildman–Crippen MR) is 126 cm³/mol. The van der Waals surface area contributed by atoms with Crippen LogP contribution in [-0.4, -0.2) is 33.6 Å². The quantitative estimate of drug-likeness (QED) is 0.468. The van der Waals surface area contributed by atoms with Crippen molar-refractivity contribution in [2.45, 2.75) is 97.7 Å². The fourth-order valence-corrected chi connectivity index (χ4v) is 7.94. The van der Waals surface area contributed by atoms with E-state index in [2.05, 4.69) is 39.0 Å². The molecule has 0 aromatic carbocycles. The lowest BCUT2D eigenvalue weighted by atomic mass is 9.60. The smallest absolute Gasteiger partial charge is 0.0651 e. The molecule has 0 aromatic rings. The summed E-state index contributed by atoms with van der Waals surface area (Å²) >= 11 is 0. The summed E-state index contributed by atoms with van der Waals surface area (Å²) in [6.07, 6.45) is 16.2. The Hall–Kier alpha value is -0.640. The Bertz CT molecular complexity index is 718. The van der Waals surface area contributed by atoms with Crippen molar-refractivity contribution >= 4 is 0 Å². The van der Waals surface area contributed by atoms with Crippen molar-refractivity contribution in [3.8, 4) is 0 Å². The molecule has 4 aliphatic carbocycles. The number of aliphatic hydroxyl groups is 3. The van der Waals surface area contributed by atoms with E-state index in [4.69, 9.17) is 0 Å². The van der Waals surface area contributed by atoms with Gasteiger partial charge in [-0.1, -0.05) is 44.6 Å². The van der Waals surface area contributed by atoms with Gasteiger partial charge in [0, 0.05) is 18.4 Å². The Morgan fingerprint density at radius 3 is 2.52 bits per heavy atom. The van der Waals surface area contributed by atoms with Crippen molar-refractivity contribution < 1.29 is 15.3 Å². The van der Waals surface area contributed by atoms with Crippen LogP contribution in [0.25, 0.3) is 0 Å². The van der Waals surface area contributed by atoms with Crippen molar-refractivity contribution in [1.29, 1.82) is 0 Å². The molecule has 3 heteroatoms. The summed E-state index contributed by atoms with van der Waals surface area (Å²) in [5, 5.41) is 30.7. The Balaban J connectivity index is 1.50. The summed E-state index contributed by atoms with van der Waals surface area (Å²) < 4.78 is 0. The highest BCUT2D eigenvalue weighted by atomic mass is 16.3. The van der Waals surface area contributed by atoms with Gasteiger partial charge in [0.05, 0.1) is 11.7 Å². The van der Waals surface area contributed by atoms with Crippen molar-refractivity contribution in [3.05, 3.63) is 23.8 Å². The van der Waals surface area contributed by atoms with E-state index in [0.717, 1.165) is 12.8 Å². The summed E-state index contributed by atoms with van der Waals surface area (Å²) in [5.41, 5.74) is 1.46. The molecule has 0 aromatic heterocycles. The molecule has 0 heterocycles. The lowest BCUT2D eigenvalue weighted by Gasteiger charge is -2.44. The molecule has 4 rings (SSSR count). The van der Waals surface area contributed by atoms with E-state index in [1.807, 2.05) is 13.8 Å². The highest BCUT2D eigenvalue weighted by Gasteiger charge is 2.63. The third kappa shape index (κ3) is 4.20. The Kier molecular flexibility index (Phi) is 6.29. The summed E-state index contributed by atoms with van der Waals surface area (Å²) in [7, 11) is 0. The molecular weight excluding hydrogens is 384 g/mol. The number of hydrogen-bond donors (Lipinski definition) is 3. The van der Waals surface area contributed by atoms with E-state index in [1.54, 1.807) is 5.57 Å².